The van der Waals surface area contributed by atoms with Gasteiger partial charge in [-0.2, -0.15) is 0 Å². The van der Waals surface area contributed by atoms with Gasteiger partial charge in [0.25, 0.3) is 0 Å². The van der Waals surface area contributed by atoms with Gasteiger partial charge >= 0.3 is 5.97 Å². The normalized spacial score (nSPS) is 12.3. The van der Waals surface area contributed by atoms with Crippen LogP contribution in [0.3, 0.4) is 0 Å². The smallest absolute Gasteiger partial charge is 0.319 e. The van der Waals surface area contributed by atoms with E-state index in [9.17, 15) is 9.18 Å². The van der Waals surface area contributed by atoms with Gasteiger partial charge < -0.3 is 4.74 Å². The second kappa shape index (κ2) is 5.61. The fraction of sp³-hybridized carbons (Fsp3) is 0.300. The number of esters is 1. The SMILES string of the molecule is COC(=O)C(Br)Cc1ccc(Br)cc1F. The second-order valence-electron chi connectivity index (χ2n) is 2.93. The summed E-state index contributed by atoms with van der Waals surface area (Å²) in [7, 11) is 1.30. The topological polar surface area (TPSA) is 26.3 Å². The van der Waals surface area contributed by atoms with Crippen molar-refractivity contribution in [2.75, 3.05) is 7.11 Å². The molecule has 15 heavy (non-hydrogen) atoms. The van der Waals surface area contributed by atoms with Crippen molar-refractivity contribution in [1.82, 2.24) is 0 Å². The molecule has 0 aromatic heterocycles. The Morgan fingerprint density at radius 1 is 1.60 bits per heavy atom. The fourth-order valence-electron chi connectivity index (χ4n) is 1.09. The van der Waals surface area contributed by atoms with Gasteiger partial charge in [0, 0.05) is 4.47 Å². The van der Waals surface area contributed by atoms with Crippen LogP contribution in [0.15, 0.2) is 22.7 Å². The van der Waals surface area contributed by atoms with E-state index in [0.29, 0.717) is 10.0 Å². The summed E-state index contributed by atoms with van der Waals surface area (Å²) < 4.78 is 18.6. The molecule has 0 aliphatic carbocycles. The zero-order valence-corrected chi connectivity index (χ0v) is 11.1. The lowest BCUT2D eigenvalue weighted by Crippen LogP contribution is -2.18. The number of carbonyl (C=O) groups is 1. The van der Waals surface area contributed by atoms with Crippen molar-refractivity contribution in [2.45, 2.75) is 11.2 Å². The van der Waals surface area contributed by atoms with Crippen molar-refractivity contribution < 1.29 is 13.9 Å². The number of hydrogen-bond acceptors (Lipinski definition) is 2. The standard InChI is InChI=1S/C10H9Br2FO2/c1-15-10(14)8(12)4-6-2-3-7(11)5-9(6)13/h2-3,5,8H,4H2,1H3. The Morgan fingerprint density at radius 3 is 2.80 bits per heavy atom. The minimum atomic E-state index is -0.516. The lowest BCUT2D eigenvalue weighted by atomic mass is 10.1. The molecule has 0 bridgehead atoms. The molecule has 1 rings (SSSR count). The van der Waals surface area contributed by atoms with Crippen molar-refractivity contribution in [3.63, 3.8) is 0 Å². The van der Waals surface area contributed by atoms with E-state index in [-0.39, 0.29) is 12.2 Å². The van der Waals surface area contributed by atoms with Crippen LogP contribution >= 0.6 is 31.9 Å². The van der Waals surface area contributed by atoms with Crippen molar-refractivity contribution >= 4 is 37.8 Å². The summed E-state index contributed by atoms with van der Waals surface area (Å²) in [6, 6.07) is 4.73. The molecule has 1 aromatic carbocycles. The summed E-state index contributed by atoms with van der Waals surface area (Å²) in [4.78, 5) is 10.6. The predicted molar refractivity (Wildman–Crippen MR) is 62.5 cm³/mol. The maximum atomic E-state index is 13.4. The molecule has 0 heterocycles. The van der Waals surface area contributed by atoms with Gasteiger partial charge in [0.2, 0.25) is 0 Å². The molecule has 0 radical (unpaired) electrons. The first-order valence-corrected chi connectivity index (χ1v) is 5.91. The molecule has 2 nitrogen and oxygen atoms in total. The highest BCUT2D eigenvalue weighted by atomic mass is 79.9. The van der Waals surface area contributed by atoms with Crippen molar-refractivity contribution in [1.29, 1.82) is 0 Å². The maximum Gasteiger partial charge on any atom is 0.319 e. The number of carbonyl (C=O) groups excluding carboxylic acids is 1. The Balaban J connectivity index is 2.76. The molecule has 0 spiro atoms. The molecule has 0 amide bonds. The van der Waals surface area contributed by atoms with E-state index in [0.717, 1.165) is 0 Å². The van der Waals surface area contributed by atoms with E-state index in [1.165, 1.54) is 13.2 Å². The average molecular weight is 340 g/mol. The highest BCUT2D eigenvalue weighted by Crippen LogP contribution is 2.19. The number of rotatable bonds is 3. The van der Waals surface area contributed by atoms with Crippen molar-refractivity contribution in [2.24, 2.45) is 0 Å². The van der Waals surface area contributed by atoms with Crippen LogP contribution in [0.2, 0.25) is 0 Å². The number of benzene rings is 1. The Hall–Kier alpha value is -0.420. The van der Waals surface area contributed by atoms with Gasteiger partial charge in [-0.05, 0) is 24.1 Å². The molecule has 82 valence electrons. The Morgan fingerprint density at radius 2 is 2.27 bits per heavy atom. The van der Waals surface area contributed by atoms with Gasteiger partial charge in [-0.25, -0.2) is 4.39 Å². The highest BCUT2D eigenvalue weighted by molar-refractivity contribution is 9.10. The van der Waals surface area contributed by atoms with Crippen LogP contribution in [-0.2, 0) is 16.0 Å². The molecular weight excluding hydrogens is 331 g/mol. The number of hydrogen-bond donors (Lipinski definition) is 0. The lowest BCUT2D eigenvalue weighted by molar-refractivity contribution is -0.139. The van der Waals surface area contributed by atoms with E-state index >= 15 is 0 Å². The van der Waals surface area contributed by atoms with Crippen molar-refractivity contribution in [3.05, 3.63) is 34.1 Å². The molecule has 0 N–H and O–H groups in total. The molecular formula is C10H9Br2FO2. The zero-order valence-electron chi connectivity index (χ0n) is 7.97. The molecule has 0 saturated carbocycles. The van der Waals surface area contributed by atoms with Gasteiger partial charge in [0.15, 0.2) is 0 Å². The number of halogens is 3. The minimum Gasteiger partial charge on any atom is -0.468 e. The van der Waals surface area contributed by atoms with E-state index in [1.807, 2.05) is 0 Å². The van der Waals surface area contributed by atoms with Crippen LogP contribution in [0, 0.1) is 5.82 Å². The molecule has 5 heteroatoms. The number of ether oxygens (including phenoxy) is 1. The molecule has 0 aliphatic heterocycles. The largest absolute Gasteiger partial charge is 0.468 e. The molecule has 1 aromatic rings. The van der Waals surface area contributed by atoms with Crippen LogP contribution in [-0.4, -0.2) is 17.9 Å². The molecule has 0 aliphatic rings. The summed E-state index contributed by atoms with van der Waals surface area (Å²) in [5.74, 6) is -0.741. The molecule has 0 saturated heterocycles. The van der Waals surface area contributed by atoms with Gasteiger partial charge in [0.1, 0.15) is 10.6 Å². The third-order valence-corrected chi connectivity index (χ3v) is 3.06. The molecule has 1 atom stereocenters. The fourth-order valence-corrected chi connectivity index (χ4v) is 1.96. The minimum absolute atomic E-state index is 0.270. The first kappa shape index (κ1) is 12.6. The third-order valence-electron chi connectivity index (χ3n) is 1.87. The van der Waals surface area contributed by atoms with Crippen LogP contribution < -0.4 is 0 Å². The summed E-state index contributed by atoms with van der Waals surface area (Å²) in [6.45, 7) is 0. The van der Waals surface area contributed by atoms with Gasteiger partial charge in [-0.3, -0.25) is 4.79 Å². The molecule has 0 fully saturated rings. The van der Waals surface area contributed by atoms with Gasteiger partial charge in [-0.1, -0.05) is 37.9 Å². The van der Waals surface area contributed by atoms with E-state index in [4.69, 9.17) is 0 Å². The van der Waals surface area contributed by atoms with Gasteiger partial charge in [0.05, 0.1) is 7.11 Å². The Labute approximate surface area is 104 Å². The van der Waals surface area contributed by atoms with Gasteiger partial charge in [-0.15, -0.1) is 0 Å². The predicted octanol–water partition coefficient (Wildman–Crippen LogP) is 3.07. The summed E-state index contributed by atoms with van der Waals surface area (Å²) in [5, 5.41) is 0. The summed E-state index contributed by atoms with van der Waals surface area (Å²) in [6.07, 6.45) is 0.270. The van der Waals surface area contributed by atoms with Crippen LogP contribution in [0.1, 0.15) is 5.56 Å². The van der Waals surface area contributed by atoms with Crippen molar-refractivity contribution in [3.8, 4) is 0 Å². The number of methoxy groups -OCH3 is 1. The summed E-state index contributed by atoms with van der Waals surface area (Å²) in [5.41, 5.74) is 0.477. The average Bonchev–Trinajstić information content (AvgIpc) is 2.20. The second-order valence-corrected chi connectivity index (χ2v) is 4.95. The number of alkyl halides is 1. The zero-order chi connectivity index (χ0) is 11.4. The third kappa shape index (κ3) is 3.57. The molecule has 1 unspecified atom stereocenters. The maximum absolute atomic E-state index is 13.4. The first-order valence-electron chi connectivity index (χ1n) is 4.20. The van der Waals surface area contributed by atoms with E-state index in [2.05, 4.69) is 36.6 Å². The van der Waals surface area contributed by atoms with E-state index < -0.39 is 10.8 Å². The van der Waals surface area contributed by atoms with Crippen LogP contribution in [0.5, 0.6) is 0 Å². The summed E-state index contributed by atoms with van der Waals surface area (Å²) >= 11 is 6.30. The lowest BCUT2D eigenvalue weighted by Gasteiger charge is -2.08. The Kier molecular flexibility index (Phi) is 4.73. The Bertz CT molecular complexity index is 368. The van der Waals surface area contributed by atoms with Crippen LogP contribution in [0.25, 0.3) is 0 Å². The first-order chi connectivity index (χ1) is 7.04. The van der Waals surface area contributed by atoms with E-state index in [1.54, 1.807) is 12.1 Å². The quantitative estimate of drug-likeness (QED) is 0.625. The monoisotopic (exact) mass is 338 g/mol. The highest BCUT2D eigenvalue weighted by Gasteiger charge is 2.17. The van der Waals surface area contributed by atoms with Crippen LogP contribution in [0.4, 0.5) is 4.39 Å².